The molecule has 0 spiro atoms. The van der Waals surface area contributed by atoms with Crippen molar-refractivity contribution in [2.24, 2.45) is 0 Å². The van der Waals surface area contributed by atoms with Gasteiger partial charge in [-0.25, -0.2) is 9.13 Å². The monoisotopic (exact) mass is 182 g/mol. The fraction of sp³-hybridized carbons (Fsp3) is 0.333. The first-order valence-electron chi connectivity index (χ1n) is 3.96. The topological polar surface area (TPSA) is 48.9 Å². The summed E-state index contributed by atoms with van der Waals surface area (Å²) in [7, 11) is 0. The van der Waals surface area contributed by atoms with Crippen LogP contribution in [0, 0.1) is 0 Å². The van der Waals surface area contributed by atoms with Gasteiger partial charge in [0.05, 0.1) is 12.7 Å². The molecule has 0 atom stereocenters. The standard InChI is InChI=1S/C7H11N2.C2H4O2/c1-3-8-5-6-9(4-2)7-8;1-2(3)4/h3,5-7H,1,4H2,2H3;1H3,(H,3,4)/q+1;/p-1. The van der Waals surface area contributed by atoms with Gasteiger partial charge in [0.1, 0.15) is 12.4 Å². The normalized spacial score (nSPS) is 8.46. The Morgan fingerprint density at radius 2 is 2.31 bits per heavy atom. The quantitative estimate of drug-likeness (QED) is 0.587. The van der Waals surface area contributed by atoms with E-state index in [1.165, 1.54) is 0 Å². The van der Waals surface area contributed by atoms with Crippen LogP contribution < -0.4 is 9.67 Å². The molecule has 4 heteroatoms. The summed E-state index contributed by atoms with van der Waals surface area (Å²) in [6.07, 6.45) is 7.75. The first-order chi connectivity index (χ1) is 6.10. The molecule has 13 heavy (non-hydrogen) atoms. The second-order valence-corrected chi connectivity index (χ2v) is 2.37. The van der Waals surface area contributed by atoms with Crippen molar-refractivity contribution in [1.29, 1.82) is 0 Å². The number of rotatable bonds is 2. The van der Waals surface area contributed by atoms with Gasteiger partial charge in [0.15, 0.2) is 0 Å². The average Bonchev–Trinajstić information content (AvgIpc) is 2.50. The van der Waals surface area contributed by atoms with Gasteiger partial charge >= 0.3 is 0 Å². The zero-order valence-electron chi connectivity index (χ0n) is 7.93. The molecule has 0 amide bonds. The third kappa shape index (κ3) is 5.66. The largest absolute Gasteiger partial charge is 0.550 e. The molecule has 0 radical (unpaired) electrons. The molecule has 0 saturated heterocycles. The van der Waals surface area contributed by atoms with E-state index >= 15 is 0 Å². The van der Waals surface area contributed by atoms with Gasteiger partial charge in [-0.3, -0.25) is 0 Å². The van der Waals surface area contributed by atoms with Crippen molar-refractivity contribution in [3.63, 3.8) is 0 Å². The Morgan fingerprint density at radius 3 is 2.54 bits per heavy atom. The van der Waals surface area contributed by atoms with Crippen molar-refractivity contribution in [3.05, 3.63) is 25.3 Å². The Morgan fingerprint density at radius 1 is 1.77 bits per heavy atom. The van der Waals surface area contributed by atoms with Gasteiger partial charge in [0.25, 0.3) is 0 Å². The van der Waals surface area contributed by atoms with E-state index < -0.39 is 5.97 Å². The molecule has 1 heterocycles. The van der Waals surface area contributed by atoms with Gasteiger partial charge < -0.3 is 9.90 Å². The summed E-state index contributed by atoms with van der Waals surface area (Å²) in [5.74, 6) is -1.08. The molecule has 0 aliphatic rings. The number of nitrogens with zero attached hydrogens (tertiary/aromatic N) is 2. The molecule has 1 rings (SSSR count). The summed E-state index contributed by atoms with van der Waals surface area (Å²) in [6.45, 7) is 7.72. The van der Waals surface area contributed by atoms with E-state index in [0.29, 0.717) is 0 Å². The molecule has 0 unspecified atom stereocenters. The molecule has 0 aromatic carbocycles. The number of aliphatic carboxylic acids is 1. The number of aromatic nitrogens is 2. The molecular weight excluding hydrogens is 168 g/mol. The van der Waals surface area contributed by atoms with Gasteiger partial charge in [0, 0.05) is 5.97 Å². The van der Waals surface area contributed by atoms with Crippen molar-refractivity contribution in [3.8, 4) is 0 Å². The maximum atomic E-state index is 8.89. The van der Waals surface area contributed by atoms with E-state index in [4.69, 9.17) is 9.90 Å². The molecule has 0 aliphatic carbocycles. The van der Waals surface area contributed by atoms with Crippen LogP contribution in [0.5, 0.6) is 0 Å². The number of carboxylic acid groups (broad SMARTS) is 1. The predicted molar refractivity (Wildman–Crippen MR) is 47.4 cm³/mol. The van der Waals surface area contributed by atoms with Crippen LogP contribution in [-0.4, -0.2) is 10.5 Å². The van der Waals surface area contributed by atoms with Crippen molar-refractivity contribution in [2.45, 2.75) is 20.4 Å². The number of hydrogen-bond donors (Lipinski definition) is 0. The highest BCUT2D eigenvalue weighted by Crippen LogP contribution is 1.81. The minimum Gasteiger partial charge on any atom is -0.550 e. The molecule has 0 bridgehead atoms. The lowest BCUT2D eigenvalue weighted by atomic mass is 10.7. The van der Waals surface area contributed by atoms with E-state index in [2.05, 4.69) is 18.1 Å². The summed E-state index contributed by atoms with van der Waals surface area (Å²) in [4.78, 5) is 8.89. The van der Waals surface area contributed by atoms with Gasteiger partial charge in [-0.1, -0.05) is 6.58 Å². The first-order valence-corrected chi connectivity index (χ1v) is 3.96. The van der Waals surface area contributed by atoms with E-state index in [1.807, 2.05) is 23.3 Å². The molecule has 1 aromatic heterocycles. The maximum Gasteiger partial charge on any atom is 0.248 e. The van der Waals surface area contributed by atoms with Crippen molar-refractivity contribution in [1.82, 2.24) is 4.57 Å². The molecule has 72 valence electrons. The average molecular weight is 182 g/mol. The number of carboxylic acids is 1. The predicted octanol–water partition coefficient (Wildman–Crippen LogP) is -0.348. The molecule has 0 saturated carbocycles. The second kappa shape index (κ2) is 5.99. The number of carbonyl (C=O) groups excluding carboxylic acids is 1. The zero-order chi connectivity index (χ0) is 10.3. The van der Waals surface area contributed by atoms with Crippen molar-refractivity contribution < 1.29 is 14.5 Å². The Bertz CT molecular complexity index is 275. The first kappa shape index (κ1) is 11.4. The smallest absolute Gasteiger partial charge is 0.248 e. The molecule has 0 N–H and O–H groups in total. The minimum atomic E-state index is -1.08. The van der Waals surface area contributed by atoms with Crippen molar-refractivity contribution in [2.75, 3.05) is 0 Å². The fourth-order valence-electron chi connectivity index (χ4n) is 0.706. The Labute approximate surface area is 77.7 Å². The zero-order valence-corrected chi connectivity index (χ0v) is 7.93. The third-order valence-corrected chi connectivity index (χ3v) is 1.29. The van der Waals surface area contributed by atoms with Gasteiger partial charge in [-0.05, 0) is 13.8 Å². The molecule has 4 nitrogen and oxygen atoms in total. The summed E-state index contributed by atoms with van der Waals surface area (Å²) in [5.41, 5.74) is 0. The van der Waals surface area contributed by atoms with E-state index in [0.717, 1.165) is 13.5 Å². The van der Waals surface area contributed by atoms with Crippen LogP contribution in [0.15, 0.2) is 25.3 Å². The summed E-state index contributed by atoms with van der Waals surface area (Å²) in [6, 6.07) is 0. The Hall–Kier alpha value is -1.58. The van der Waals surface area contributed by atoms with E-state index in [1.54, 1.807) is 6.20 Å². The van der Waals surface area contributed by atoms with Crippen LogP contribution in [0.1, 0.15) is 13.8 Å². The lowest BCUT2D eigenvalue weighted by Gasteiger charge is -1.81. The minimum absolute atomic E-state index is 0.972. The summed E-state index contributed by atoms with van der Waals surface area (Å²) >= 11 is 0. The highest BCUT2D eigenvalue weighted by Gasteiger charge is 1.94. The third-order valence-electron chi connectivity index (χ3n) is 1.29. The van der Waals surface area contributed by atoms with Crippen LogP contribution in [0.4, 0.5) is 0 Å². The van der Waals surface area contributed by atoms with Gasteiger partial charge in [-0.2, -0.15) is 0 Å². The van der Waals surface area contributed by atoms with Crippen LogP contribution >= 0.6 is 0 Å². The lowest BCUT2D eigenvalue weighted by molar-refractivity contribution is -0.692. The molecule has 0 fully saturated rings. The van der Waals surface area contributed by atoms with Crippen LogP contribution in [0.3, 0.4) is 0 Å². The van der Waals surface area contributed by atoms with E-state index in [9.17, 15) is 0 Å². The molecular formula is C9H14N2O2. The summed E-state index contributed by atoms with van der Waals surface area (Å²) in [5, 5.41) is 8.89. The van der Waals surface area contributed by atoms with Gasteiger partial charge in [-0.15, -0.1) is 0 Å². The number of hydrogen-bond acceptors (Lipinski definition) is 2. The van der Waals surface area contributed by atoms with Crippen LogP contribution in [0.2, 0.25) is 0 Å². The highest BCUT2D eigenvalue weighted by atomic mass is 16.4. The van der Waals surface area contributed by atoms with Crippen LogP contribution in [-0.2, 0) is 11.3 Å². The summed E-state index contributed by atoms with van der Waals surface area (Å²) < 4.78 is 4.01. The fourth-order valence-corrected chi connectivity index (χ4v) is 0.706. The van der Waals surface area contributed by atoms with Crippen molar-refractivity contribution >= 4 is 12.2 Å². The Balaban J connectivity index is 0.000000310. The van der Waals surface area contributed by atoms with Gasteiger partial charge in [0.2, 0.25) is 6.33 Å². The molecule has 1 aromatic rings. The van der Waals surface area contributed by atoms with E-state index in [-0.39, 0.29) is 0 Å². The maximum absolute atomic E-state index is 8.89. The Kier molecular flexibility index (Phi) is 5.27. The van der Waals surface area contributed by atoms with Crippen LogP contribution in [0.25, 0.3) is 6.20 Å². The number of carbonyl (C=O) groups is 1. The molecule has 0 aliphatic heterocycles. The second-order valence-electron chi connectivity index (χ2n) is 2.37. The highest BCUT2D eigenvalue weighted by molar-refractivity contribution is 5.60. The lowest BCUT2D eigenvalue weighted by Crippen LogP contribution is -2.28. The number of imidazole rings is 1. The SMILES string of the molecule is C=Cn1cc[n+](CC)c1.CC(=O)[O-]. The number of aryl methyl sites for hydroxylation is 1.